The molecular formula is C19H21FN2. The SMILES string of the molecule is C/C(=C/F)[C@@H]1c2[nH]c3ccccc3c2CC(C)N1C1=C=CC1.[HH]. The molecule has 4 rings (SSSR count). The van der Waals surface area contributed by atoms with Crippen molar-refractivity contribution in [3.8, 4) is 0 Å². The average Bonchev–Trinajstić information content (AvgIpc) is 2.83. The van der Waals surface area contributed by atoms with E-state index in [-0.39, 0.29) is 7.47 Å². The topological polar surface area (TPSA) is 19.0 Å². The van der Waals surface area contributed by atoms with Crippen LogP contribution in [-0.2, 0) is 6.42 Å². The third-order valence-electron chi connectivity index (χ3n) is 4.85. The summed E-state index contributed by atoms with van der Waals surface area (Å²) in [6.07, 6.45) is 4.68. The molecule has 2 heterocycles. The maximum Gasteiger partial charge on any atom is 0.0935 e. The first-order valence-corrected chi connectivity index (χ1v) is 7.79. The first kappa shape index (κ1) is 13.4. The zero-order chi connectivity index (χ0) is 15.3. The Balaban J connectivity index is 0.00000156. The van der Waals surface area contributed by atoms with Gasteiger partial charge in [0.05, 0.1) is 18.1 Å². The molecule has 1 aromatic heterocycles. The molecule has 0 fully saturated rings. The highest BCUT2D eigenvalue weighted by Gasteiger charge is 2.37. The Kier molecular flexibility index (Phi) is 2.98. The summed E-state index contributed by atoms with van der Waals surface area (Å²) >= 11 is 0. The zero-order valence-corrected chi connectivity index (χ0v) is 12.9. The van der Waals surface area contributed by atoms with Crippen molar-refractivity contribution in [2.24, 2.45) is 0 Å². The number of hydrogen-bond acceptors (Lipinski definition) is 1. The Morgan fingerprint density at radius 1 is 1.45 bits per heavy atom. The Hall–Kier alpha value is -2.25. The number of benzene rings is 1. The fraction of sp³-hybridized carbons (Fsp3) is 0.316. The molecule has 3 heteroatoms. The fourth-order valence-corrected chi connectivity index (χ4v) is 3.76. The summed E-state index contributed by atoms with van der Waals surface area (Å²) in [4.78, 5) is 5.86. The summed E-state index contributed by atoms with van der Waals surface area (Å²) in [7, 11) is 0. The van der Waals surface area contributed by atoms with Crippen LogP contribution < -0.4 is 0 Å². The standard InChI is InChI=1S/C19H19FN2.H2/c1-12(11-20)19-18-16(15-8-3-4-9-17(15)21-18)10-13(2)22(19)14-6-5-7-14;/h3-5,8-9,11,13,19,21H,6,10H2,1-2H3;1H/b12-11-;/t13?,19-;/m1./s1. The van der Waals surface area contributed by atoms with Gasteiger partial charge in [-0.05, 0) is 43.5 Å². The number of rotatable bonds is 2. The number of para-hydroxylation sites is 1. The molecule has 2 aromatic rings. The van der Waals surface area contributed by atoms with Crippen molar-refractivity contribution in [2.45, 2.75) is 38.8 Å². The van der Waals surface area contributed by atoms with E-state index in [0.29, 0.717) is 6.04 Å². The second-order valence-electron chi connectivity index (χ2n) is 6.28. The first-order valence-electron chi connectivity index (χ1n) is 7.79. The van der Waals surface area contributed by atoms with Gasteiger partial charge in [-0.2, -0.15) is 0 Å². The van der Waals surface area contributed by atoms with Gasteiger partial charge in [0, 0.05) is 30.5 Å². The highest BCUT2D eigenvalue weighted by atomic mass is 19.1. The Labute approximate surface area is 131 Å². The van der Waals surface area contributed by atoms with Crippen molar-refractivity contribution in [3.63, 3.8) is 0 Å². The molecule has 0 bridgehead atoms. The summed E-state index contributed by atoms with van der Waals surface area (Å²) in [6.45, 7) is 4.09. The lowest BCUT2D eigenvalue weighted by molar-refractivity contribution is 0.190. The van der Waals surface area contributed by atoms with Crippen LogP contribution in [0.25, 0.3) is 10.9 Å². The molecule has 0 saturated heterocycles. The van der Waals surface area contributed by atoms with Crippen LogP contribution in [0.2, 0.25) is 0 Å². The Morgan fingerprint density at radius 2 is 2.23 bits per heavy atom. The maximum atomic E-state index is 13.4. The minimum atomic E-state index is -0.0626. The van der Waals surface area contributed by atoms with Gasteiger partial charge in [0.2, 0.25) is 0 Å². The number of aromatic amines is 1. The molecule has 1 unspecified atom stereocenters. The molecule has 114 valence electrons. The molecule has 1 aliphatic carbocycles. The van der Waals surface area contributed by atoms with Crippen LogP contribution in [0.3, 0.4) is 0 Å². The Bertz CT molecular complexity index is 842. The second kappa shape index (κ2) is 4.89. The van der Waals surface area contributed by atoms with Crippen LogP contribution >= 0.6 is 0 Å². The van der Waals surface area contributed by atoms with Gasteiger partial charge in [-0.3, -0.25) is 0 Å². The van der Waals surface area contributed by atoms with Crippen molar-refractivity contribution in [1.82, 2.24) is 9.88 Å². The van der Waals surface area contributed by atoms with Crippen LogP contribution in [0.15, 0.2) is 53.7 Å². The molecule has 22 heavy (non-hydrogen) atoms. The van der Waals surface area contributed by atoms with Crippen molar-refractivity contribution in [1.29, 1.82) is 0 Å². The predicted octanol–water partition coefficient (Wildman–Crippen LogP) is 5.02. The van der Waals surface area contributed by atoms with Crippen molar-refractivity contribution in [3.05, 3.63) is 64.9 Å². The van der Waals surface area contributed by atoms with Gasteiger partial charge in [-0.25, -0.2) is 4.39 Å². The van der Waals surface area contributed by atoms with E-state index in [9.17, 15) is 4.39 Å². The van der Waals surface area contributed by atoms with E-state index in [1.165, 1.54) is 16.6 Å². The lowest BCUT2D eigenvalue weighted by atomic mass is 9.88. The number of nitrogens with zero attached hydrogens (tertiary/aromatic N) is 1. The van der Waals surface area contributed by atoms with Crippen LogP contribution in [0.1, 0.15) is 39.0 Å². The molecule has 2 atom stereocenters. The zero-order valence-electron chi connectivity index (χ0n) is 12.9. The Morgan fingerprint density at radius 3 is 2.91 bits per heavy atom. The van der Waals surface area contributed by atoms with Gasteiger partial charge < -0.3 is 9.88 Å². The lowest BCUT2D eigenvalue weighted by Gasteiger charge is -2.44. The summed E-state index contributed by atoms with van der Waals surface area (Å²) < 4.78 is 13.4. The summed E-state index contributed by atoms with van der Waals surface area (Å²) in [5.41, 5.74) is 8.79. The van der Waals surface area contributed by atoms with Gasteiger partial charge in [0.1, 0.15) is 0 Å². The molecule has 1 aliphatic heterocycles. The van der Waals surface area contributed by atoms with Crippen molar-refractivity contribution in [2.75, 3.05) is 0 Å². The normalized spacial score (nSPS) is 24.2. The number of fused-ring (bicyclic) bond motifs is 3. The van der Waals surface area contributed by atoms with E-state index in [4.69, 9.17) is 0 Å². The third-order valence-corrected chi connectivity index (χ3v) is 4.85. The van der Waals surface area contributed by atoms with Gasteiger partial charge in [-0.15, -0.1) is 5.73 Å². The molecule has 0 amide bonds. The van der Waals surface area contributed by atoms with Crippen molar-refractivity contribution >= 4 is 10.9 Å². The van der Waals surface area contributed by atoms with E-state index in [2.05, 4.69) is 40.7 Å². The quantitative estimate of drug-likeness (QED) is 0.771. The van der Waals surface area contributed by atoms with Crippen LogP contribution in [0.4, 0.5) is 4.39 Å². The van der Waals surface area contributed by atoms with E-state index < -0.39 is 0 Å². The summed E-state index contributed by atoms with van der Waals surface area (Å²) in [6, 6.07) is 8.63. The number of nitrogens with one attached hydrogen (secondary N) is 1. The second-order valence-corrected chi connectivity index (χ2v) is 6.28. The van der Waals surface area contributed by atoms with E-state index >= 15 is 0 Å². The fourth-order valence-electron chi connectivity index (χ4n) is 3.76. The summed E-state index contributed by atoms with van der Waals surface area (Å²) in [5.74, 6) is 0. The molecule has 1 aromatic carbocycles. The number of H-pyrrole nitrogens is 1. The average molecular weight is 296 g/mol. The van der Waals surface area contributed by atoms with Gasteiger partial charge >= 0.3 is 0 Å². The van der Waals surface area contributed by atoms with Gasteiger partial charge in [0.15, 0.2) is 0 Å². The molecule has 0 radical (unpaired) electrons. The molecule has 2 nitrogen and oxygen atoms in total. The van der Waals surface area contributed by atoms with E-state index in [1.807, 2.05) is 19.1 Å². The number of hydrogen-bond donors (Lipinski definition) is 1. The highest BCUT2D eigenvalue weighted by Crippen LogP contribution is 2.43. The van der Waals surface area contributed by atoms with Gasteiger partial charge in [0.25, 0.3) is 0 Å². The first-order chi connectivity index (χ1) is 10.7. The van der Waals surface area contributed by atoms with Crippen LogP contribution in [-0.4, -0.2) is 15.9 Å². The monoisotopic (exact) mass is 296 g/mol. The van der Waals surface area contributed by atoms with Crippen molar-refractivity contribution < 1.29 is 5.82 Å². The van der Waals surface area contributed by atoms with Crippen LogP contribution in [0.5, 0.6) is 0 Å². The molecule has 2 aliphatic rings. The number of halogens is 1. The molecular weight excluding hydrogens is 275 g/mol. The minimum Gasteiger partial charge on any atom is -0.356 e. The molecule has 0 saturated carbocycles. The molecule has 1 N–H and O–H groups in total. The maximum absolute atomic E-state index is 13.4. The smallest absolute Gasteiger partial charge is 0.0935 e. The van der Waals surface area contributed by atoms with Gasteiger partial charge in [-0.1, -0.05) is 18.2 Å². The van der Waals surface area contributed by atoms with E-state index in [0.717, 1.165) is 36.0 Å². The number of aromatic nitrogens is 1. The lowest BCUT2D eigenvalue weighted by Crippen LogP contribution is -2.42. The molecule has 0 spiro atoms. The highest BCUT2D eigenvalue weighted by molar-refractivity contribution is 5.85. The predicted molar refractivity (Wildman–Crippen MR) is 89.2 cm³/mol. The van der Waals surface area contributed by atoms with Crippen LogP contribution in [0, 0.1) is 0 Å². The minimum absolute atomic E-state index is 0. The third kappa shape index (κ3) is 1.79. The van der Waals surface area contributed by atoms with E-state index in [1.54, 1.807) is 0 Å². The summed E-state index contributed by atoms with van der Waals surface area (Å²) in [5, 5.41) is 1.26. The largest absolute Gasteiger partial charge is 0.356 e.